The van der Waals surface area contributed by atoms with Gasteiger partial charge in [0.1, 0.15) is 12.1 Å². The predicted octanol–water partition coefficient (Wildman–Crippen LogP) is -1.12. The molecule has 2 unspecified atom stereocenters. The molecule has 1 saturated heterocycles. The van der Waals surface area contributed by atoms with Crippen molar-refractivity contribution >= 4 is 5.97 Å². The molecule has 0 aromatic rings. The van der Waals surface area contributed by atoms with Gasteiger partial charge in [-0.2, -0.15) is 8.78 Å². The van der Waals surface area contributed by atoms with E-state index < -0.39 is 29.9 Å². The molecule has 0 radical (unpaired) electrons. The zero-order valence-electron chi connectivity index (χ0n) is 8.20. The molecule has 1 N–H and O–H groups in total. The minimum Gasteiger partial charge on any atom is -0.544 e. The van der Waals surface area contributed by atoms with Crippen molar-refractivity contribution in [2.75, 3.05) is 6.61 Å². The lowest BCUT2D eigenvalue weighted by atomic mass is 10.1. The lowest BCUT2D eigenvalue weighted by Crippen LogP contribution is -2.54. The molecular weight excluding hydrogens is 214 g/mol. The molecule has 0 bridgehead atoms. The van der Waals surface area contributed by atoms with Gasteiger partial charge in [0.2, 0.25) is 0 Å². The molecule has 2 atom stereocenters. The maximum Gasteiger partial charge on any atom is 0.315 e. The van der Waals surface area contributed by atoms with Crippen molar-refractivity contribution in [2.45, 2.75) is 37.8 Å². The van der Waals surface area contributed by atoms with E-state index in [1.807, 2.05) is 0 Å². The van der Waals surface area contributed by atoms with Gasteiger partial charge in [-0.15, -0.1) is 0 Å². The average Bonchev–Trinajstić information content (AvgIpc) is 2.44. The van der Waals surface area contributed by atoms with Gasteiger partial charge in [0.15, 0.2) is 11.9 Å². The van der Waals surface area contributed by atoms with Crippen molar-refractivity contribution in [3.63, 3.8) is 0 Å². The Kier molecular flexibility index (Phi) is 2.99. The molecule has 1 aliphatic rings. The van der Waals surface area contributed by atoms with Gasteiger partial charge in [0.05, 0.1) is 6.61 Å². The Labute approximate surface area is 84.6 Å². The van der Waals surface area contributed by atoms with Crippen LogP contribution in [0.1, 0.15) is 13.8 Å². The molecule has 1 aliphatic heterocycles. The molecule has 0 spiro atoms. The molecule has 15 heavy (non-hydrogen) atoms. The summed E-state index contributed by atoms with van der Waals surface area (Å²) in [6.07, 6.45) is -3.86. The molecule has 7 heteroatoms. The maximum atomic E-state index is 12.8. The number of rotatable bonds is 3. The Balaban J connectivity index is 2.70. The molecule has 0 aliphatic carbocycles. The molecule has 1 rings (SSSR count). The van der Waals surface area contributed by atoms with Crippen LogP contribution in [0.5, 0.6) is 0 Å². The highest BCUT2D eigenvalue weighted by atomic mass is 19.3. The topological polar surface area (TPSA) is 78.8 Å². The molecule has 0 saturated carbocycles. The van der Waals surface area contributed by atoms with Gasteiger partial charge >= 0.3 is 5.92 Å². The van der Waals surface area contributed by atoms with E-state index in [1.165, 1.54) is 13.8 Å². The zero-order valence-corrected chi connectivity index (χ0v) is 8.20. The van der Waals surface area contributed by atoms with Gasteiger partial charge in [0, 0.05) is 0 Å². The van der Waals surface area contributed by atoms with Crippen molar-refractivity contribution in [1.29, 1.82) is 0 Å². The first kappa shape index (κ1) is 12.3. The van der Waals surface area contributed by atoms with Crippen molar-refractivity contribution in [3.8, 4) is 0 Å². The van der Waals surface area contributed by atoms with Crippen molar-refractivity contribution in [2.24, 2.45) is 0 Å². The quantitative estimate of drug-likeness (QED) is 0.658. The van der Waals surface area contributed by atoms with E-state index in [0.29, 0.717) is 0 Å². The Morgan fingerprint density at radius 2 is 2.20 bits per heavy atom. The summed E-state index contributed by atoms with van der Waals surface area (Å²) in [6, 6.07) is 0. The highest BCUT2D eigenvalue weighted by Gasteiger charge is 2.49. The number of aliphatic hydroxyl groups is 1. The molecule has 0 amide bonds. The summed E-state index contributed by atoms with van der Waals surface area (Å²) in [4.78, 5) is 10.1. The van der Waals surface area contributed by atoms with E-state index in [2.05, 4.69) is 0 Å². The summed E-state index contributed by atoms with van der Waals surface area (Å²) in [5, 5.41) is 19.2. The van der Waals surface area contributed by atoms with Gasteiger partial charge in [-0.3, -0.25) is 0 Å². The number of hydrogen-bond donors (Lipinski definition) is 1. The lowest BCUT2D eigenvalue weighted by molar-refractivity contribution is -0.339. The summed E-state index contributed by atoms with van der Waals surface area (Å²) in [6.45, 7) is 2.64. The van der Waals surface area contributed by atoms with Crippen molar-refractivity contribution in [1.82, 2.24) is 0 Å². The van der Waals surface area contributed by atoms with Gasteiger partial charge in [-0.1, -0.05) is 0 Å². The van der Waals surface area contributed by atoms with E-state index in [-0.39, 0.29) is 6.61 Å². The van der Waals surface area contributed by atoms with E-state index >= 15 is 0 Å². The predicted molar refractivity (Wildman–Crippen MR) is 40.9 cm³/mol. The second-order valence-electron chi connectivity index (χ2n) is 3.72. The van der Waals surface area contributed by atoms with E-state index in [9.17, 15) is 18.7 Å². The second kappa shape index (κ2) is 3.66. The monoisotopic (exact) mass is 225 g/mol. The van der Waals surface area contributed by atoms with E-state index in [4.69, 9.17) is 14.6 Å². The zero-order chi connectivity index (χ0) is 11.9. The number of carbonyl (C=O) groups is 1. The van der Waals surface area contributed by atoms with Crippen LogP contribution in [0.25, 0.3) is 0 Å². The normalized spacial score (nSPS) is 27.7. The number of hydrogen-bond acceptors (Lipinski definition) is 5. The van der Waals surface area contributed by atoms with Crippen LogP contribution in [-0.4, -0.2) is 41.6 Å². The fourth-order valence-electron chi connectivity index (χ4n) is 1.23. The van der Waals surface area contributed by atoms with E-state index in [1.54, 1.807) is 0 Å². The standard InChI is InChI=1S/C8H12F2O5/c1-7(2)14-3-4(15-7)5(11)8(9,10)6(12)13/h4-5,11H,3H2,1-2H3,(H,12,13)/p-1. The molecule has 0 aromatic heterocycles. The van der Waals surface area contributed by atoms with E-state index in [0.717, 1.165) is 0 Å². The Hall–Kier alpha value is -0.790. The van der Waals surface area contributed by atoms with Crippen LogP contribution in [0.15, 0.2) is 0 Å². The first-order valence-electron chi connectivity index (χ1n) is 4.26. The fourth-order valence-corrected chi connectivity index (χ4v) is 1.23. The van der Waals surface area contributed by atoms with Gasteiger partial charge in [0.25, 0.3) is 0 Å². The Morgan fingerprint density at radius 1 is 1.67 bits per heavy atom. The largest absolute Gasteiger partial charge is 0.544 e. The Morgan fingerprint density at radius 3 is 2.53 bits per heavy atom. The third kappa shape index (κ3) is 2.42. The number of halogens is 2. The van der Waals surface area contributed by atoms with Crippen molar-refractivity contribution < 1.29 is 33.3 Å². The third-order valence-corrected chi connectivity index (χ3v) is 2.03. The average molecular weight is 225 g/mol. The summed E-state index contributed by atoms with van der Waals surface area (Å²) in [5.74, 6) is -8.09. The number of ether oxygens (including phenoxy) is 2. The fraction of sp³-hybridized carbons (Fsp3) is 0.875. The summed E-state index contributed by atoms with van der Waals surface area (Å²) in [7, 11) is 0. The Bertz CT molecular complexity index is 266. The van der Waals surface area contributed by atoms with Crippen LogP contribution in [-0.2, 0) is 14.3 Å². The van der Waals surface area contributed by atoms with Crippen LogP contribution >= 0.6 is 0 Å². The molecule has 0 aromatic carbocycles. The maximum absolute atomic E-state index is 12.8. The number of carboxylic acid groups (broad SMARTS) is 1. The highest BCUT2D eigenvalue weighted by Crippen LogP contribution is 2.30. The molecule has 88 valence electrons. The molecule has 1 fully saturated rings. The minimum atomic E-state index is -4.35. The third-order valence-electron chi connectivity index (χ3n) is 2.03. The minimum absolute atomic E-state index is 0.295. The summed E-state index contributed by atoms with van der Waals surface area (Å²) >= 11 is 0. The first-order chi connectivity index (χ1) is 6.67. The number of carbonyl (C=O) groups excluding carboxylic acids is 1. The molecular formula is C8H11F2O5-. The SMILES string of the molecule is CC1(C)OCC(C(O)C(F)(F)C(=O)[O-])O1. The number of aliphatic carboxylic acids is 1. The number of carboxylic acids is 1. The number of aliphatic hydroxyl groups excluding tert-OH is 1. The van der Waals surface area contributed by atoms with Gasteiger partial charge in [-0.05, 0) is 13.8 Å². The van der Waals surface area contributed by atoms with Crippen LogP contribution in [0.3, 0.4) is 0 Å². The van der Waals surface area contributed by atoms with Crippen LogP contribution in [0.2, 0.25) is 0 Å². The van der Waals surface area contributed by atoms with Crippen LogP contribution in [0.4, 0.5) is 8.78 Å². The van der Waals surface area contributed by atoms with Crippen LogP contribution in [0, 0.1) is 0 Å². The summed E-state index contributed by atoms with van der Waals surface area (Å²) in [5.41, 5.74) is 0. The first-order valence-corrected chi connectivity index (χ1v) is 4.26. The number of alkyl halides is 2. The van der Waals surface area contributed by atoms with Gasteiger partial charge < -0.3 is 24.5 Å². The molecule has 5 nitrogen and oxygen atoms in total. The lowest BCUT2D eigenvalue weighted by Gasteiger charge is -2.27. The van der Waals surface area contributed by atoms with Crippen molar-refractivity contribution in [3.05, 3.63) is 0 Å². The van der Waals surface area contributed by atoms with Crippen LogP contribution < -0.4 is 5.11 Å². The van der Waals surface area contributed by atoms with Gasteiger partial charge in [-0.25, -0.2) is 0 Å². The smallest absolute Gasteiger partial charge is 0.315 e. The second-order valence-corrected chi connectivity index (χ2v) is 3.72. The molecule has 1 heterocycles. The summed E-state index contributed by atoms with van der Waals surface area (Å²) < 4.78 is 35.4. The highest BCUT2D eigenvalue weighted by molar-refractivity contribution is 5.74.